The Hall–Kier alpha value is -0.910. The first kappa shape index (κ1) is 11.6. The SMILES string of the molecule is COc1cccc(-c2sc(CN)nc2Br)c1. The summed E-state index contributed by atoms with van der Waals surface area (Å²) in [6.07, 6.45) is 0. The summed E-state index contributed by atoms with van der Waals surface area (Å²) < 4.78 is 6.03. The van der Waals surface area contributed by atoms with E-state index in [1.807, 2.05) is 24.3 Å². The third-order valence-corrected chi connectivity index (χ3v) is 4.10. The van der Waals surface area contributed by atoms with E-state index >= 15 is 0 Å². The molecule has 84 valence electrons. The Labute approximate surface area is 106 Å². The number of hydrogen-bond donors (Lipinski definition) is 1. The van der Waals surface area contributed by atoms with Gasteiger partial charge in [-0.05, 0) is 33.6 Å². The van der Waals surface area contributed by atoms with Crippen molar-refractivity contribution in [1.29, 1.82) is 0 Å². The second-order valence-electron chi connectivity index (χ2n) is 3.16. The highest BCUT2D eigenvalue weighted by molar-refractivity contribution is 9.10. The minimum absolute atomic E-state index is 0.466. The first-order chi connectivity index (χ1) is 7.74. The van der Waals surface area contributed by atoms with Gasteiger partial charge < -0.3 is 10.5 Å². The van der Waals surface area contributed by atoms with Gasteiger partial charge in [0.2, 0.25) is 0 Å². The summed E-state index contributed by atoms with van der Waals surface area (Å²) in [5.74, 6) is 0.840. The topological polar surface area (TPSA) is 48.1 Å². The molecule has 2 N–H and O–H groups in total. The lowest BCUT2D eigenvalue weighted by Crippen LogP contribution is -1.93. The van der Waals surface area contributed by atoms with Crippen molar-refractivity contribution in [3.8, 4) is 16.2 Å². The van der Waals surface area contributed by atoms with Crippen molar-refractivity contribution in [2.24, 2.45) is 5.73 Å². The summed E-state index contributed by atoms with van der Waals surface area (Å²) in [5.41, 5.74) is 6.66. The summed E-state index contributed by atoms with van der Waals surface area (Å²) in [7, 11) is 1.66. The standard InChI is InChI=1S/C11H11BrN2OS/c1-15-8-4-2-3-7(5-8)10-11(12)14-9(6-13)16-10/h2-5H,6,13H2,1H3. The summed E-state index contributed by atoms with van der Waals surface area (Å²) >= 11 is 5.04. The molecule has 5 heteroatoms. The van der Waals surface area contributed by atoms with E-state index in [0.717, 1.165) is 25.8 Å². The highest BCUT2D eigenvalue weighted by Gasteiger charge is 2.10. The van der Waals surface area contributed by atoms with Crippen LogP contribution in [-0.2, 0) is 6.54 Å². The smallest absolute Gasteiger partial charge is 0.125 e. The van der Waals surface area contributed by atoms with Crippen LogP contribution in [0.3, 0.4) is 0 Å². The van der Waals surface area contributed by atoms with Crippen LogP contribution in [0.2, 0.25) is 0 Å². The van der Waals surface area contributed by atoms with Crippen LogP contribution < -0.4 is 10.5 Å². The Kier molecular flexibility index (Phi) is 3.58. The molecule has 1 aromatic carbocycles. The quantitative estimate of drug-likeness (QED) is 0.947. The van der Waals surface area contributed by atoms with Crippen LogP contribution in [0.15, 0.2) is 28.9 Å². The van der Waals surface area contributed by atoms with Crippen molar-refractivity contribution in [3.63, 3.8) is 0 Å². The number of rotatable bonds is 3. The second kappa shape index (κ2) is 4.95. The zero-order valence-corrected chi connectivity index (χ0v) is 11.1. The summed E-state index contributed by atoms with van der Waals surface area (Å²) in [6.45, 7) is 0.466. The van der Waals surface area contributed by atoms with Crippen molar-refractivity contribution in [2.45, 2.75) is 6.54 Å². The maximum absolute atomic E-state index is 5.57. The van der Waals surface area contributed by atoms with E-state index in [-0.39, 0.29) is 0 Å². The molecule has 0 saturated carbocycles. The van der Waals surface area contributed by atoms with Crippen molar-refractivity contribution >= 4 is 27.3 Å². The molecular formula is C11H11BrN2OS. The zero-order chi connectivity index (χ0) is 11.5. The van der Waals surface area contributed by atoms with E-state index in [9.17, 15) is 0 Å². The van der Waals surface area contributed by atoms with Gasteiger partial charge in [0.15, 0.2) is 0 Å². The number of halogens is 1. The minimum Gasteiger partial charge on any atom is -0.497 e. The predicted octanol–water partition coefficient (Wildman–Crippen LogP) is 3.04. The highest BCUT2D eigenvalue weighted by atomic mass is 79.9. The molecule has 0 aliphatic rings. The maximum atomic E-state index is 5.57. The van der Waals surface area contributed by atoms with Gasteiger partial charge in [0.1, 0.15) is 15.4 Å². The van der Waals surface area contributed by atoms with Gasteiger partial charge in [-0.25, -0.2) is 4.98 Å². The Morgan fingerprint density at radius 3 is 2.94 bits per heavy atom. The lowest BCUT2D eigenvalue weighted by Gasteiger charge is -2.02. The lowest BCUT2D eigenvalue weighted by atomic mass is 10.2. The zero-order valence-electron chi connectivity index (χ0n) is 8.74. The van der Waals surface area contributed by atoms with E-state index in [1.165, 1.54) is 0 Å². The maximum Gasteiger partial charge on any atom is 0.125 e. The van der Waals surface area contributed by atoms with Gasteiger partial charge in [0.05, 0.1) is 12.0 Å². The van der Waals surface area contributed by atoms with Crippen LogP contribution >= 0.6 is 27.3 Å². The number of nitrogens with zero attached hydrogens (tertiary/aromatic N) is 1. The number of methoxy groups -OCH3 is 1. The third kappa shape index (κ3) is 2.26. The second-order valence-corrected chi connectivity index (χ2v) is 5.00. The molecular weight excluding hydrogens is 288 g/mol. The molecule has 2 rings (SSSR count). The van der Waals surface area contributed by atoms with Crippen LogP contribution in [0.25, 0.3) is 10.4 Å². The summed E-state index contributed by atoms with van der Waals surface area (Å²) in [5, 5.41) is 0.921. The number of aromatic nitrogens is 1. The van der Waals surface area contributed by atoms with Gasteiger partial charge in [-0.1, -0.05) is 12.1 Å². The first-order valence-corrected chi connectivity index (χ1v) is 6.35. The third-order valence-electron chi connectivity index (χ3n) is 2.14. The summed E-state index contributed by atoms with van der Waals surface area (Å²) in [4.78, 5) is 5.41. The largest absolute Gasteiger partial charge is 0.497 e. The van der Waals surface area contributed by atoms with Crippen molar-refractivity contribution < 1.29 is 4.74 Å². The Balaban J connectivity index is 2.45. The molecule has 16 heavy (non-hydrogen) atoms. The molecule has 0 unspecified atom stereocenters. The Morgan fingerprint density at radius 1 is 1.50 bits per heavy atom. The van der Waals surface area contributed by atoms with E-state index in [2.05, 4.69) is 20.9 Å². The average molecular weight is 299 g/mol. The fourth-order valence-corrected chi connectivity index (χ4v) is 3.01. The summed E-state index contributed by atoms with van der Waals surface area (Å²) in [6, 6.07) is 7.89. The van der Waals surface area contributed by atoms with E-state index in [4.69, 9.17) is 10.5 Å². The van der Waals surface area contributed by atoms with Crippen LogP contribution in [0.5, 0.6) is 5.75 Å². The van der Waals surface area contributed by atoms with Crippen LogP contribution in [0.4, 0.5) is 0 Å². The molecule has 3 nitrogen and oxygen atoms in total. The van der Waals surface area contributed by atoms with Crippen molar-refractivity contribution in [2.75, 3.05) is 7.11 Å². The number of thiazole rings is 1. The van der Waals surface area contributed by atoms with Gasteiger partial charge in [0, 0.05) is 6.54 Å². The number of ether oxygens (including phenoxy) is 1. The van der Waals surface area contributed by atoms with E-state index < -0.39 is 0 Å². The number of nitrogens with two attached hydrogens (primary N) is 1. The number of hydrogen-bond acceptors (Lipinski definition) is 4. The lowest BCUT2D eigenvalue weighted by molar-refractivity contribution is 0.415. The predicted molar refractivity (Wildman–Crippen MR) is 69.7 cm³/mol. The van der Waals surface area contributed by atoms with Crippen LogP contribution in [0, 0.1) is 0 Å². The number of benzene rings is 1. The molecule has 0 atom stereocenters. The minimum atomic E-state index is 0.466. The molecule has 0 saturated heterocycles. The molecule has 1 heterocycles. The van der Waals surface area contributed by atoms with E-state index in [0.29, 0.717) is 6.54 Å². The molecule has 0 spiro atoms. The average Bonchev–Trinajstić information content (AvgIpc) is 2.71. The van der Waals surface area contributed by atoms with Crippen molar-refractivity contribution in [3.05, 3.63) is 33.9 Å². The van der Waals surface area contributed by atoms with Gasteiger partial charge in [-0.15, -0.1) is 11.3 Å². The normalized spacial score (nSPS) is 10.4. The van der Waals surface area contributed by atoms with Gasteiger partial charge in [-0.2, -0.15) is 0 Å². The van der Waals surface area contributed by atoms with E-state index in [1.54, 1.807) is 18.4 Å². The van der Waals surface area contributed by atoms with Gasteiger partial charge in [-0.3, -0.25) is 0 Å². The van der Waals surface area contributed by atoms with Gasteiger partial charge >= 0.3 is 0 Å². The fourth-order valence-electron chi connectivity index (χ4n) is 1.37. The molecule has 1 aromatic heterocycles. The van der Waals surface area contributed by atoms with Crippen LogP contribution in [0.1, 0.15) is 5.01 Å². The first-order valence-electron chi connectivity index (χ1n) is 4.74. The molecule has 0 radical (unpaired) electrons. The Morgan fingerprint density at radius 2 is 2.31 bits per heavy atom. The monoisotopic (exact) mass is 298 g/mol. The molecule has 0 fully saturated rings. The fraction of sp³-hybridized carbons (Fsp3) is 0.182. The molecule has 0 amide bonds. The van der Waals surface area contributed by atoms with Crippen molar-refractivity contribution in [1.82, 2.24) is 4.98 Å². The van der Waals surface area contributed by atoms with Gasteiger partial charge in [0.25, 0.3) is 0 Å². The molecule has 2 aromatic rings. The molecule has 0 aliphatic heterocycles. The molecule has 0 aliphatic carbocycles. The Bertz CT molecular complexity index is 498. The molecule has 0 bridgehead atoms. The highest BCUT2D eigenvalue weighted by Crippen LogP contribution is 2.35. The van der Waals surface area contributed by atoms with Crippen LogP contribution in [-0.4, -0.2) is 12.1 Å².